The number of aromatic nitrogens is 2. The van der Waals surface area contributed by atoms with Crippen molar-refractivity contribution >= 4 is 0 Å². The SMILES string of the molecule is C#Cc1ccc(C(C)(C)C)nn1. The highest BCUT2D eigenvalue weighted by molar-refractivity contribution is 5.24. The van der Waals surface area contributed by atoms with Crippen LogP contribution in [0.2, 0.25) is 0 Å². The Labute approximate surface area is 73.0 Å². The van der Waals surface area contributed by atoms with Crippen molar-refractivity contribution in [3.63, 3.8) is 0 Å². The Bertz CT molecular complexity index is 298. The molecule has 0 aliphatic rings. The summed E-state index contributed by atoms with van der Waals surface area (Å²) >= 11 is 0. The summed E-state index contributed by atoms with van der Waals surface area (Å²) in [6, 6.07) is 3.73. The van der Waals surface area contributed by atoms with Crippen molar-refractivity contribution in [3.05, 3.63) is 23.5 Å². The van der Waals surface area contributed by atoms with Crippen molar-refractivity contribution in [2.45, 2.75) is 26.2 Å². The second-order valence-electron chi connectivity index (χ2n) is 3.70. The average molecular weight is 160 g/mol. The van der Waals surface area contributed by atoms with Gasteiger partial charge in [0, 0.05) is 5.41 Å². The predicted octanol–water partition coefficient (Wildman–Crippen LogP) is 1.76. The van der Waals surface area contributed by atoms with E-state index >= 15 is 0 Å². The summed E-state index contributed by atoms with van der Waals surface area (Å²) in [6.45, 7) is 6.27. The Kier molecular flexibility index (Phi) is 2.14. The molecule has 1 rings (SSSR count). The minimum atomic E-state index is 0.0418. The molecule has 0 atom stereocenters. The van der Waals surface area contributed by atoms with Crippen LogP contribution in [0.5, 0.6) is 0 Å². The molecule has 0 radical (unpaired) electrons. The van der Waals surface area contributed by atoms with Gasteiger partial charge in [-0.2, -0.15) is 5.10 Å². The maximum atomic E-state index is 5.16. The molecule has 0 amide bonds. The number of hydrogen-bond acceptors (Lipinski definition) is 2. The van der Waals surface area contributed by atoms with Gasteiger partial charge in [0.2, 0.25) is 0 Å². The van der Waals surface area contributed by atoms with Crippen LogP contribution in [-0.2, 0) is 5.41 Å². The van der Waals surface area contributed by atoms with E-state index in [-0.39, 0.29) is 5.41 Å². The molecular formula is C10H12N2. The molecule has 1 aromatic rings. The highest BCUT2D eigenvalue weighted by atomic mass is 15.1. The van der Waals surface area contributed by atoms with E-state index in [1.54, 1.807) is 0 Å². The molecule has 0 aliphatic heterocycles. The molecule has 1 heterocycles. The van der Waals surface area contributed by atoms with E-state index in [4.69, 9.17) is 6.42 Å². The van der Waals surface area contributed by atoms with Crippen molar-refractivity contribution in [2.75, 3.05) is 0 Å². The van der Waals surface area contributed by atoms with Crippen LogP contribution in [0.25, 0.3) is 0 Å². The zero-order valence-electron chi connectivity index (χ0n) is 7.63. The van der Waals surface area contributed by atoms with E-state index in [1.165, 1.54) is 0 Å². The van der Waals surface area contributed by atoms with Gasteiger partial charge in [-0.25, -0.2) is 0 Å². The Morgan fingerprint density at radius 3 is 2.25 bits per heavy atom. The molecule has 0 spiro atoms. The molecule has 0 bridgehead atoms. The molecule has 0 fully saturated rings. The molecule has 0 saturated carbocycles. The Balaban J connectivity index is 3.02. The van der Waals surface area contributed by atoms with Crippen LogP contribution in [0.15, 0.2) is 12.1 Å². The van der Waals surface area contributed by atoms with Gasteiger partial charge in [0.1, 0.15) is 5.69 Å². The molecule has 62 valence electrons. The van der Waals surface area contributed by atoms with E-state index < -0.39 is 0 Å². The quantitative estimate of drug-likeness (QED) is 0.540. The Morgan fingerprint density at radius 2 is 1.92 bits per heavy atom. The van der Waals surface area contributed by atoms with Crippen LogP contribution in [0.1, 0.15) is 32.2 Å². The van der Waals surface area contributed by atoms with Crippen molar-refractivity contribution in [2.24, 2.45) is 0 Å². The number of nitrogens with zero attached hydrogens (tertiary/aromatic N) is 2. The zero-order valence-corrected chi connectivity index (χ0v) is 7.63. The normalized spacial score (nSPS) is 10.8. The third-order valence-corrected chi connectivity index (χ3v) is 1.58. The third kappa shape index (κ3) is 1.82. The van der Waals surface area contributed by atoms with E-state index in [2.05, 4.69) is 36.9 Å². The van der Waals surface area contributed by atoms with Crippen LogP contribution in [0.4, 0.5) is 0 Å². The smallest absolute Gasteiger partial charge is 0.135 e. The van der Waals surface area contributed by atoms with Gasteiger partial charge >= 0.3 is 0 Å². The van der Waals surface area contributed by atoms with E-state index in [0.29, 0.717) is 5.69 Å². The van der Waals surface area contributed by atoms with Gasteiger partial charge in [0.15, 0.2) is 0 Å². The van der Waals surface area contributed by atoms with Gasteiger partial charge in [-0.1, -0.05) is 20.8 Å². The monoisotopic (exact) mass is 160 g/mol. The van der Waals surface area contributed by atoms with Crippen LogP contribution in [-0.4, -0.2) is 10.2 Å². The fourth-order valence-electron chi connectivity index (χ4n) is 0.809. The molecule has 0 unspecified atom stereocenters. The molecule has 2 heteroatoms. The van der Waals surface area contributed by atoms with Crippen molar-refractivity contribution in [1.82, 2.24) is 10.2 Å². The summed E-state index contributed by atoms with van der Waals surface area (Å²) in [5, 5.41) is 7.91. The van der Waals surface area contributed by atoms with E-state index in [1.807, 2.05) is 12.1 Å². The summed E-state index contributed by atoms with van der Waals surface area (Å²) in [5.41, 5.74) is 1.59. The maximum absolute atomic E-state index is 5.16. The lowest BCUT2D eigenvalue weighted by atomic mass is 9.92. The summed E-state index contributed by atoms with van der Waals surface area (Å²) in [5.74, 6) is 2.43. The van der Waals surface area contributed by atoms with E-state index in [0.717, 1.165) is 5.69 Å². The Morgan fingerprint density at radius 1 is 1.25 bits per heavy atom. The van der Waals surface area contributed by atoms with Crippen LogP contribution >= 0.6 is 0 Å². The highest BCUT2D eigenvalue weighted by Crippen LogP contribution is 2.18. The first-order valence-corrected chi connectivity index (χ1v) is 3.85. The van der Waals surface area contributed by atoms with Gasteiger partial charge in [-0.15, -0.1) is 11.5 Å². The molecule has 12 heavy (non-hydrogen) atoms. The zero-order chi connectivity index (χ0) is 9.19. The van der Waals surface area contributed by atoms with Gasteiger partial charge in [-0.3, -0.25) is 0 Å². The van der Waals surface area contributed by atoms with E-state index in [9.17, 15) is 0 Å². The minimum Gasteiger partial charge on any atom is -0.154 e. The summed E-state index contributed by atoms with van der Waals surface area (Å²) in [4.78, 5) is 0. The highest BCUT2D eigenvalue weighted by Gasteiger charge is 2.15. The Hall–Kier alpha value is -1.36. The topological polar surface area (TPSA) is 25.8 Å². The minimum absolute atomic E-state index is 0.0418. The number of rotatable bonds is 0. The fraction of sp³-hybridized carbons (Fsp3) is 0.400. The first kappa shape index (κ1) is 8.73. The molecule has 1 aromatic heterocycles. The predicted molar refractivity (Wildman–Crippen MR) is 48.7 cm³/mol. The molecule has 0 saturated heterocycles. The van der Waals surface area contributed by atoms with Gasteiger partial charge < -0.3 is 0 Å². The van der Waals surface area contributed by atoms with Gasteiger partial charge in [0.05, 0.1) is 5.69 Å². The average Bonchev–Trinajstić information content (AvgIpc) is 2.03. The summed E-state index contributed by atoms with van der Waals surface area (Å²) < 4.78 is 0. The fourth-order valence-corrected chi connectivity index (χ4v) is 0.809. The lowest BCUT2D eigenvalue weighted by Gasteiger charge is -2.15. The lowest BCUT2D eigenvalue weighted by Crippen LogP contribution is -2.14. The largest absolute Gasteiger partial charge is 0.154 e. The first-order chi connectivity index (χ1) is 5.54. The molecular weight excluding hydrogens is 148 g/mol. The van der Waals surface area contributed by atoms with Crippen LogP contribution in [0.3, 0.4) is 0 Å². The van der Waals surface area contributed by atoms with Crippen LogP contribution < -0.4 is 0 Å². The number of hydrogen-bond donors (Lipinski definition) is 0. The summed E-state index contributed by atoms with van der Waals surface area (Å²) in [7, 11) is 0. The second-order valence-corrected chi connectivity index (χ2v) is 3.70. The lowest BCUT2D eigenvalue weighted by molar-refractivity contribution is 0.558. The third-order valence-electron chi connectivity index (χ3n) is 1.58. The van der Waals surface area contributed by atoms with Gasteiger partial charge in [0.25, 0.3) is 0 Å². The van der Waals surface area contributed by atoms with Crippen LogP contribution in [0, 0.1) is 12.3 Å². The molecule has 2 nitrogen and oxygen atoms in total. The maximum Gasteiger partial charge on any atom is 0.135 e. The second kappa shape index (κ2) is 2.94. The van der Waals surface area contributed by atoms with Crippen molar-refractivity contribution < 1.29 is 0 Å². The molecule has 0 aliphatic carbocycles. The first-order valence-electron chi connectivity index (χ1n) is 3.85. The molecule has 0 N–H and O–H groups in total. The van der Waals surface area contributed by atoms with Gasteiger partial charge in [-0.05, 0) is 18.1 Å². The number of terminal acetylenes is 1. The van der Waals surface area contributed by atoms with Crippen molar-refractivity contribution in [3.8, 4) is 12.3 Å². The molecule has 0 aromatic carbocycles. The van der Waals surface area contributed by atoms with Crippen molar-refractivity contribution in [1.29, 1.82) is 0 Å². The summed E-state index contributed by atoms with van der Waals surface area (Å²) in [6.07, 6.45) is 5.16. The standard InChI is InChI=1S/C10H12N2/c1-5-8-6-7-9(12-11-8)10(2,3)4/h1,6-7H,2-4H3.